The van der Waals surface area contributed by atoms with Crippen molar-refractivity contribution in [3.05, 3.63) is 71.5 Å². The molecule has 0 radical (unpaired) electrons. The Kier molecular flexibility index (Phi) is 5.40. The van der Waals surface area contributed by atoms with Crippen LogP contribution in [0.25, 0.3) is 0 Å². The molecule has 0 unspecified atom stereocenters. The lowest BCUT2D eigenvalue weighted by molar-refractivity contribution is 0.628. The van der Waals surface area contributed by atoms with E-state index in [2.05, 4.69) is 15.8 Å². The molecule has 0 heterocycles. The molecule has 21 heavy (non-hydrogen) atoms. The maximum Gasteiger partial charge on any atom is 0.187 e. The molecular formula is C16H16FN3S. The van der Waals surface area contributed by atoms with Gasteiger partial charge in [0.25, 0.3) is 0 Å². The van der Waals surface area contributed by atoms with Crippen molar-refractivity contribution in [3.63, 3.8) is 0 Å². The smallest absolute Gasteiger partial charge is 0.187 e. The Labute approximate surface area is 128 Å². The van der Waals surface area contributed by atoms with E-state index in [0.29, 0.717) is 11.7 Å². The summed E-state index contributed by atoms with van der Waals surface area (Å²) in [7, 11) is 0. The van der Waals surface area contributed by atoms with Crippen LogP contribution in [-0.2, 0) is 6.54 Å². The molecule has 0 spiro atoms. The maximum atomic E-state index is 12.8. The lowest BCUT2D eigenvalue weighted by Crippen LogP contribution is -2.32. The molecule has 0 aromatic heterocycles. The minimum Gasteiger partial charge on any atom is -0.357 e. The summed E-state index contributed by atoms with van der Waals surface area (Å²) in [5.41, 5.74) is 5.50. The fraction of sp³-hybridized carbons (Fsp3) is 0.125. The van der Waals surface area contributed by atoms with Gasteiger partial charge in [-0.15, -0.1) is 0 Å². The van der Waals surface area contributed by atoms with E-state index in [9.17, 15) is 4.39 Å². The van der Waals surface area contributed by atoms with Gasteiger partial charge in [0.1, 0.15) is 5.82 Å². The molecule has 0 aliphatic heterocycles. The standard InChI is InChI=1S/C16H16FN3S/c1-12(14-7-9-15(17)10-8-14)19-20-16(21)18-11-13-5-3-2-4-6-13/h2-10H,11H2,1H3,(H2,18,20,21)/b19-12-. The average Bonchev–Trinajstić information content (AvgIpc) is 2.52. The number of benzene rings is 2. The second-order valence-electron chi connectivity index (χ2n) is 4.48. The van der Waals surface area contributed by atoms with Gasteiger partial charge in [-0.05, 0) is 42.4 Å². The minimum atomic E-state index is -0.264. The third-order valence-corrected chi connectivity index (χ3v) is 3.12. The van der Waals surface area contributed by atoms with Crippen LogP contribution in [0.15, 0.2) is 59.7 Å². The highest BCUT2D eigenvalue weighted by Crippen LogP contribution is 2.03. The van der Waals surface area contributed by atoms with Crippen molar-refractivity contribution in [2.45, 2.75) is 13.5 Å². The highest BCUT2D eigenvalue weighted by atomic mass is 32.1. The van der Waals surface area contributed by atoms with Crippen molar-refractivity contribution in [3.8, 4) is 0 Å². The molecule has 0 bridgehead atoms. The van der Waals surface area contributed by atoms with Crippen molar-refractivity contribution in [1.29, 1.82) is 0 Å². The van der Waals surface area contributed by atoms with Gasteiger partial charge in [0.2, 0.25) is 0 Å². The van der Waals surface area contributed by atoms with E-state index in [1.165, 1.54) is 12.1 Å². The Bertz CT molecular complexity index is 624. The SMILES string of the molecule is C/C(=N/NC(=S)NCc1ccccc1)c1ccc(F)cc1. The molecule has 0 amide bonds. The van der Waals surface area contributed by atoms with Crippen LogP contribution < -0.4 is 10.7 Å². The Morgan fingerprint density at radius 3 is 2.43 bits per heavy atom. The van der Waals surface area contributed by atoms with E-state index in [4.69, 9.17) is 12.2 Å². The molecule has 0 aliphatic carbocycles. The predicted octanol–water partition coefficient (Wildman–Crippen LogP) is 3.21. The van der Waals surface area contributed by atoms with E-state index < -0.39 is 0 Å². The van der Waals surface area contributed by atoms with Crippen LogP contribution in [0.1, 0.15) is 18.1 Å². The first-order valence-corrected chi connectivity index (χ1v) is 6.94. The summed E-state index contributed by atoms with van der Waals surface area (Å²) in [5, 5.41) is 7.69. The second kappa shape index (κ2) is 7.50. The molecule has 3 nitrogen and oxygen atoms in total. The van der Waals surface area contributed by atoms with Crippen LogP contribution in [0, 0.1) is 5.82 Å². The third-order valence-electron chi connectivity index (χ3n) is 2.88. The molecule has 2 N–H and O–H groups in total. The van der Waals surface area contributed by atoms with Crippen molar-refractivity contribution >= 4 is 23.0 Å². The summed E-state index contributed by atoms with van der Waals surface area (Å²) in [5.74, 6) is -0.264. The molecule has 0 aliphatic rings. The fourth-order valence-electron chi connectivity index (χ4n) is 1.71. The van der Waals surface area contributed by atoms with E-state index >= 15 is 0 Å². The first-order valence-electron chi connectivity index (χ1n) is 6.53. The van der Waals surface area contributed by atoms with Crippen molar-refractivity contribution in [2.24, 2.45) is 5.10 Å². The number of hydrogen-bond acceptors (Lipinski definition) is 2. The van der Waals surface area contributed by atoms with Crippen molar-refractivity contribution in [1.82, 2.24) is 10.7 Å². The lowest BCUT2D eigenvalue weighted by Gasteiger charge is -2.08. The van der Waals surface area contributed by atoms with Gasteiger partial charge in [0, 0.05) is 6.54 Å². The number of nitrogens with one attached hydrogen (secondary N) is 2. The number of hydrogen-bond donors (Lipinski definition) is 2. The van der Waals surface area contributed by atoms with Crippen LogP contribution in [-0.4, -0.2) is 10.8 Å². The fourth-order valence-corrected chi connectivity index (χ4v) is 1.83. The van der Waals surface area contributed by atoms with Crippen molar-refractivity contribution < 1.29 is 4.39 Å². The van der Waals surface area contributed by atoms with Gasteiger partial charge >= 0.3 is 0 Å². The topological polar surface area (TPSA) is 36.4 Å². The zero-order valence-electron chi connectivity index (χ0n) is 11.6. The molecule has 108 valence electrons. The largest absolute Gasteiger partial charge is 0.357 e. The number of rotatable bonds is 4. The summed E-state index contributed by atoms with van der Waals surface area (Å²) >= 11 is 5.15. The van der Waals surface area contributed by atoms with Gasteiger partial charge in [-0.3, -0.25) is 5.43 Å². The zero-order valence-corrected chi connectivity index (χ0v) is 12.5. The van der Waals surface area contributed by atoms with Gasteiger partial charge < -0.3 is 5.32 Å². The van der Waals surface area contributed by atoms with E-state index in [1.807, 2.05) is 37.3 Å². The minimum absolute atomic E-state index is 0.264. The number of thiocarbonyl (C=S) groups is 1. The van der Waals surface area contributed by atoms with E-state index in [-0.39, 0.29) is 5.82 Å². The molecule has 0 saturated heterocycles. The summed E-state index contributed by atoms with van der Waals surface area (Å²) < 4.78 is 12.8. The molecule has 0 atom stereocenters. The van der Waals surface area contributed by atoms with Gasteiger partial charge in [-0.25, -0.2) is 4.39 Å². The number of halogens is 1. The molecule has 2 rings (SSSR count). The molecule has 5 heteroatoms. The number of nitrogens with zero attached hydrogens (tertiary/aromatic N) is 1. The molecule has 0 fully saturated rings. The molecule has 2 aromatic rings. The Morgan fingerprint density at radius 1 is 1.10 bits per heavy atom. The maximum absolute atomic E-state index is 12.8. The number of hydrazone groups is 1. The van der Waals surface area contributed by atoms with E-state index in [1.54, 1.807) is 12.1 Å². The Balaban J connectivity index is 1.85. The summed E-state index contributed by atoms with van der Waals surface area (Å²) in [6.45, 7) is 2.47. The van der Waals surface area contributed by atoms with Crippen molar-refractivity contribution in [2.75, 3.05) is 0 Å². The van der Waals surface area contributed by atoms with Gasteiger partial charge in [0.15, 0.2) is 5.11 Å². The molecule has 2 aromatic carbocycles. The van der Waals surface area contributed by atoms with Gasteiger partial charge in [-0.2, -0.15) is 5.10 Å². The molecule has 0 saturated carbocycles. The summed E-state index contributed by atoms with van der Waals surface area (Å²) in [6.07, 6.45) is 0. The Hall–Kier alpha value is -2.27. The zero-order chi connectivity index (χ0) is 15.1. The summed E-state index contributed by atoms with van der Waals surface area (Å²) in [4.78, 5) is 0. The average molecular weight is 301 g/mol. The van der Waals surface area contributed by atoms with Crippen LogP contribution in [0.5, 0.6) is 0 Å². The quantitative estimate of drug-likeness (QED) is 0.517. The van der Waals surface area contributed by atoms with Crippen LogP contribution in [0.4, 0.5) is 4.39 Å². The van der Waals surface area contributed by atoms with Gasteiger partial charge in [-0.1, -0.05) is 42.5 Å². The lowest BCUT2D eigenvalue weighted by atomic mass is 10.1. The highest BCUT2D eigenvalue weighted by molar-refractivity contribution is 7.80. The van der Waals surface area contributed by atoms with Crippen LogP contribution >= 0.6 is 12.2 Å². The highest BCUT2D eigenvalue weighted by Gasteiger charge is 1.99. The predicted molar refractivity (Wildman–Crippen MR) is 87.6 cm³/mol. The second-order valence-corrected chi connectivity index (χ2v) is 4.89. The normalized spacial score (nSPS) is 11.0. The third kappa shape index (κ3) is 4.96. The summed E-state index contributed by atoms with van der Waals surface area (Å²) in [6, 6.07) is 16.1. The van der Waals surface area contributed by atoms with Crippen LogP contribution in [0.3, 0.4) is 0 Å². The first-order chi connectivity index (χ1) is 10.1. The van der Waals surface area contributed by atoms with E-state index in [0.717, 1.165) is 16.8 Å². The Morgan fingerprint density at radius 2 is 1.76 bits per heavy atom. The molecular weight excluding hydrogens is 285 g/mol. The van der Waals surface area contributed by atoms with Gasteiger partial charge in [0.05, 0.1) is 5.71 Å². The first kappa shape index (κ1) is 15.1. The monoisotopic (exact) mass is 301 g/mol. The van der Waals surface area contributed by atoms with Crippen LogP contribution in [0.2, 0.25) is 0 Å².